The Morgan fingerprint density at radius 1 is 1.12 bits per heavy atom. The van der Waals surface area contributed by atoms with Gasteiger partial charge in [0.25, 0.3) is 0 Å². The fourth-order valence-corrected chi connectivity index (χ4v) is 4.44. The molecule has 3 heterocycles. The lowest BCUT2D eigenvalue weighted by Crippen LogP contribution is -2.44. The molecule has 0 saturated carbocycles. The van der Waals surface area contributed by atoms with Crippen molar-refractivity contribution in [2.75, 3.05) is 38.1 Å². The molecule has 0 unspecified atom stereocenters. The average molecular weight is 487 g/mol. The summed E-state index contributed by atoms with van der Waals surface area (Å²) < 4.78 is 5.11. The first-order chi connectivity index (χ1) is 15.4. The number of H-pyrrole nitrogens is 1. The number of aromatic amines is 1. The molecule has 1 aliphatic rings. The number of hydrogen-bond acceptors (Lipinski definition) is 6. The summed E-state index contributed by atoms with van der Waals surface area (Å²) in [5.74, 6) is -0.586. The molecule has 7 nitrogen and oxygen atoms in total. The third kappa shape index (κ3) is 4.31. The fourth-order valence-electron chi connectivity index (χ4n) is 4.16. The molecule has 0 radical (unpaired) electrons. The highest BCUT2D eigenvalue weighted by Crippen LogP contribution is 2.37. The van der Waals surface area contributed by atoms with E-state index in [2.05, 4.69) is 39.1 Å². The van der Waals surface area contributed by atoms with Gasteiger partial charge in [-0.05, 0) is 43.8 Å². The van der Waals surface area contributed by atoms with E-state index in [-0.39, 0.29) is 29.6 Å². The number of aryl methyl sites for hydroxylation is 1. The normalized spacial score (nSPS) is 14.5. The molecule has 2 N–H and O–H groups in total. The largest absolute Gasteiger partial charge is 0.494 e. The summed E-state index contributed by atoms with van der Waals surface area (Å²) in [6.07, 6.45) is 0. The predicted octanol–water partition coefficient (Wildman–Crippen LogP) is 4.89. The third-order valence-electron chi connectivity index (χ3n) is 5.99. The van der Waals surface area contributed by atoms with Crippen LogP contribution in [0.2, 0.25) is 5.02 Å². The van der Waals surface area contributed by atoms with Gasteiger partial charge in [0.1, 0.15) is 0 Å². The molecular weight excluding hydrogens is 463 g/mol. The van der Waals surface area contributed by atoms with Crippen LogP contribution in [-0.4, -0.2) is 59.2 Å². The number of aromatic hydroxyl groups is 1. The van der Waals surface area contributed by atoms with Crippen LogP contribution in [0.4, 0.5) is 5.69 Å². The van der Waals surface area contributed by atoms with Crippen LogP contribution in [0, 0.1) is 6.92 Å². The maximum Gasteiger partial charge on any atom is 0.237 e. The maximum atomic E-state index is 13.0. The first kappa shape index (κ1) is 23.2. The van der Waals surface area contributed by atoms with E-state index >= 15 is 0 Å². The highest BCUT2D eigenvalue weighted by molar-refractivity contribution is 6.34. The number of anilines is 1. The van der Waals surface area contributed by atoms with Crippen LogP contribution >= 0.6 is 24.0 Å². The van der Waals surface area contributed by atoms with E-state index in [1.807, 2.05) is 18.2 Å². The second-order valence-corrected chi connectivity index (χ2v) is 8.63. The number of carbonyl (C=O) groups excluding carboxylic acids is 1. The van der Waals surface area contributed by atoms with Gasteiger partial charge >= 0.3 is 0 Å². The number of nitrogens with one attached hydrogen (secondary N) is 1. The van der Waals surface area contributed by atoms with Crippen molar-refractivity contribution in [2.45, 2.75) is 6.92 Å². The van der Waals surface area contributed by atoms with Crippen molar-refractivity contribution < 1.29 is 14.4 Å². The Kier molecular flexibility index (Phi) is 6.38. The van der Waals surface area contributed by atoms with Crippen molar-refractivity contribution in [3.63, 3.8) is 0 Å². The van der Waals surface area contributed by atoms with Gasteiger partial charge in [-0.1, -0.05) is 28.9 Å². The maximum absolute atomic E-state index is 13.0. The second-order valence-electron chi connectivity index (χ2n) is 8.23. The highest BCUT2D eigenvalue weighted by Gasteiger charge is 2.24. The number of ketones is 1. The Bertz CT molecular complexity index is 1310. The summed E-state index contributed by atoms with van der Waals surface area (Å²) in [5.41, 5.74) is 4.20. The molecule has 2 aromatic heterocycles. The van der Waals surface area contributed by atoms with Crippen LogP contribution in [0.5, 0.6) is 5.88 Å². The van der Waals surface area contributed by atoms with Crippen LogP contribution < -0.4 is 4.90 Å². The number of piperazine rings is 1. The number of aromatic nitrogens is 2. The van der Waals surface area contributed by atoms with Gasteiger partial charge in [0.2, 0.25) is 17.4 Å². The molecule has 172 valence electrons. The summed E-state index contributed by atoms with van der Waals surface area (Å²) in [5, 5.41) is 15.3. The van der Waals surface area contributed by atoms with Gasteiger partial charge in [0.05, 0.1) is 21.8 Å². The van der Waals surface area contributed by atoms with E-state index in [4.69, 9.17) is 16.1 Å². The van der Waals surface area contributed by atoms with Crippen LogP contribution in [0.1, 0.15) is 21.8 Å². The number of carbonyl (C=O) groups is 1. The Morgan fingerprint density at radius 3 is 2.45 bits per heavy atom. The summed E-state index contributed by atoms with van der Waals surface area (Å²) in [7, 11) is 2.14. The lowest BCUT2D eigenvalue weighted by Gasteiger charge is -2.34. The zero-order valence-electron chi connectivity index (χ0n) is 18.3. The molecule has 5 rings (SSSR count). The standard InChI is InChI=1S/C24H23ClN4O3.ClH/c1-14-11-21(32-27-14)23(30)22-18-12-17(19(25)13-20(18)26-24(22)31)15-3-5-16(6-4-15)29-9-7-28(2)8-10-29;/h3-6,11-13,26,31H,7-10H2,1-2H3;1H. The van der Waals surface area contributed by atoms with E-state index < -0.39 is 5.78 Å². The van der Waals surface area contributed by atoms with E-state index in [9.17, 15) is 9.90 Å². The first-order valence-electron chi connectivity index (χ1n) is 10.5. The molecular formula is C24H24Cl2N4O3. The predicted molar refractivity (Wildman–Crippen MR) is 132 cm³/mol. The molecule has 2 aromatic carbocycles. The van der Waals surface area contributed by atoms with Crippen LogP contribution in [0.3, 0.4) is 0 Å². The van der Waals surface area contributed by atoms with Crippen molar-refractivity contribution >= 4 is 46.4 Å². The molecule has 4 aromatic rings. The van der Waals surface area contributed by atoms with E-state index in [1.165, 1.54) is 5.69 Å². The fraction of sp³-hybridized carbons (Fsp3) is 0.250. The number of likely N-dealkylation sites (N-methyl/N-ethyl adjacent to an activating group) is 1. The Labute approximate surface area is 202 Å². The molecule has 1 aliphatic heterocycles. The first-order valence-corrected chi connectivity index (χ1v) is 10.8. The molecule has 0 spiro atoms. The average Bonchev–Trinajstić information content (AvgIpc) is 3.35. The number of nitrogens with zero attached hydrogens (tertiary/aromatic N) is 3. The van der Waals surface area contributed by atoms with Gasteiger partial charge in [-0.25, -0.2) is 0 Å². The van der Waals surface area contributed by atoms with Crippen LogP contribution in [0.25, 0.3) is 22.0 Å². The van der Waals surface area contributed by atoms with Gasteiger partial charge in [-0.2, -0.15) is 0 Å². The number of rotatable bonds is 4. The van der Waals surface area contributed by atoms with E-state index in [0.717, 1.165) is 37.3 Å². The molecule has 9 heteroatoms. The van der Waals surface area contributed by atoms with Crippen LogP contribution in [0.15, 0.2) is 47.0 Å². The SMILES string of the molecule is Cc1cc(C(=O)c2c(O)[nH]c3cc(Cl)c(-c4ccc(N5CCN(C)CC5)cc4)cc23)on1.Cl. The quantitative estimate of drug-likeness (QED) is 0.399. The van der Waals surface area contributed by atoms with Gasteiger partial charge in [-0.3, -0.25) is 4.79 Å². The molecule has 0 bridgehead atoms. The van der Waals surface area contributed by atoms with Crippen molar-refractivity contribution in [2.24, 2.45) is 0 Å². The summed E-state index contributed by atoms with van der Waals surface area (Å²) >= 11 is 6.57. The zero-order valence-corrected chi connectivity index (χ0v) is 19.8. The van der Waals surface area contributed by atoms with Crippen molar-refractivity contribution in [3.8, 4) is 17.0 Å². The molecule has 1 fully saturated rings. The van der Waals surface area contributed by atoms with Crippen molar-refractivity contribution in [3.05, 3.63) is 64.5 Å². The topological polar surface area (TPSA) is 85.6 Å². The smallest absolute Gasteiger partial charge is 0.237 e. The van der Waals surface area contributed by atoms with E-state index in [1.54, 1.807) is 19.1 Å². The van der Waals surface area contributed by atoms with Gasteiger partial charge in [-0.15, -0.1) is 12.4 Å². The number of halogens is 2. The summed E-state index contributed by atoms with van der Waals surface area (Å²) in [4.78, 5) is 20.5. The van der Waals surface area contributed by atoms with E-state index in [0.29, 0.717) is 21.6 Å². The lowest BCUT2D eigenvalue weighted by molar-refractivity contribution is 0.0999. The number of fused-ring (bicyclic) bond motifs is 1. The molecule has 33 heavy (non-hydrogen) atoms. The van der Waals surface area contributed by atoms with Gasteiger partial charge < -0.3 is 24.4 Å². The van der Waals surface area contributed by atoms with Crippen molar-refractivity contribution in [1.82, 2.24) is 15.0 Å². The monoisotopic (exact) mass is 486 g/mol. The second kappa shape index (κ2) is 9.09. The highest BCUT2D eigenvalue weighted by atomic mass is 35.5. The third-order valence-corrected chi connectivity index (χ3v) is 6.30. The minimum Gasteiger partial charge on any atom is -0.494 e. The Morgan fingerprint density at radius 2 is 1.82 bits per heavy atom. The molecule has 0 atom stereocenters. The molecule has 1 saturated heterocycles. The Balaban J connectivity index is 0.00000259. The van der Waals surface area contributed by atoms with Crippen LogP contribution in [-0.2, 0) is 0 Å². The molecule has 0 amide bonds. The number of hydrogen-bond donors (Lipinski definition) is 2. The number of benzene rings is 2. The van der Waals surface area contributed by atoms with Gasteiger partial charge in [0, 0.05) is 48.9 Å². The summed E-state index contributed by atoms with van der Waals surface area (Å²) in [6.45, 7) is 5.82. The minimum absolute atomic E-state index is 0. The summed E-state index contributed by atoms with van der Waals surface area (Å²) in [6, 6.07) is 13.4. The van der Waals surface area contributed by atoms with Gasteiger partial charge in [0.15, 0.2) is 0 Å². The lowest BCUT2D eigenvalue weighted by atomic mass is 10.00. The Hall–Kier alpha value is -3.00. The molecule has 0 aliphatic carbocycles. The van der Waals surface area contributed by atoms with Crippen molar-refractivity contribution in [1.29, 1.82) is 0 Å². The zero-order chi connectivity index (χ0) is 22.4. The minimum atomic E-state index is -0.437.